The molecule has 1 aliphatic heterocycles. The molecular weight excluding hydrogens is 209 g/mol. The lowest BCUT2D eigenvalue weighted by molar-refractivity contribution is -0.172. The van der Waals surface area contributed by atoms with Crippen LogP contribution in [0, 0.1) is 0 Å². The summed E-state index contributed by atoms with van der Waals surface area (Å²) < 4.78 is 47.1. The topological polar surface area (TPSA) is 18.5 Å². The molecule has 0 bridgehead atoms. The molecular formula is C10H13F3O2. The molecule has 15 heavy (non-hydrogen) atoms. The number of hydrogen-bond donors (Lipinski definition) is 0. The predicted octanol–water partition coefficient (Wildman–Crippen LogP) is 2.79. The molecule has 0 atom stereocenters. The predicted molar refractivity (Wildman–Crippen MR) is 47.2 cm³/mol. The summed E-state index contributed by atoms with van der Waals surface area (Å²) in [6, 6.07) is 0. The van der Waals surface area contributed by atoms with E-state index in [-0.39, 0.29) is 0 Å². The Kier molecular flexibility index (Phi) is 2.77. The average molecular weight is 222 g/mol. The van der Waals surface area contributed by atoms with Crippen LogP contribution in [0.15, 0.2) is 11.6 Å². The van der Waals surface area contributed by atoms with Crippen LogP contribution in [0.2, 0.25) is 0 Å². The van der Waals surface area contributed by atoms with Crippen LogP contribution in [-0.4, -0.2) is 25.2 Å². The van der Waals surface area contributed by atoms with Crippen molar-refractivity contribution in [1.82, 2.24) is 0 Å². The summed E-state index contributed by atoms with van der Waals surface area (Å²) in [6.45, 7) is 1.11. The Morgan fingerprint density at radius 2 is 1.60 bits per heavy atom. The van der Waals surface area contributed by atoms with Crippen molar-refractivity contribution in [1.29, 1.82) is 0 Å². The maximum atomic E-state index is 12.1. The van der Waals surface area contributed by atoms with Crippen LogP contribution in [0.1, 0.15) is 25.7 Å². The van der Waals surface area contributed by atoms with Crippen LogP contribution in [0.3, 0.4) is 0 Å². The van der Waals surface area contributed by atoms with Crippen molar-refractivity contribution < 1.29 is 22.6 Å². The molecule has 1 saturated carbocycles. The summed E-state index contributed by atoms with van der Waals surface area (Å²) in [5.74, 6) is -0.580. The quantitative estimate of drug-likeness (QED) is 0.587. The number of ether oxygens (including phenoxy) is 2. The van der Waals surface area contributed by atoms with Gasteiger partial charge < -0.3 is 9.47 Å². The summed E-state index contributed by atoms with van der Waals surface area (Å²) >= 11 is 0. The fourth-order valence-corrected chi connectivity index (χ4v) is 2.11. The van der Waals surface area contributed by atoms with Crippen molar-refractivity contribution in [3.05, 3.63) is 11.6 Å². The second-order valence-electron chi connectivity index (χ2n) is 3.95. The zero-order chi connectivity index (χ0) is 10.9. The zero-order valence-corrected chi connectivity index (χ0v) is 8.27. The molecule has 1 heterocycles. The fraction of sp³-hybridized carbons (Fsp3) is 0.800. The first-order valence-electron chi connectivity index (χ1n) is 5.04. The van der Waals surface area contributed by atoms with Crippen LogP contribution in [0.25, 0.3) is 0 Å². The monoisotopic (exact) mass is 222 g/mol. The van der Waals surface area contributed by atoms with Gasteiger partial charge in [-0.25, -0.2) is 0 Å². The minimum atomic E-state index is -4.20. The molecule has 1 saturated heterocycles. The van der Waals surface area contributed by atoms with Crippen LogP contribution in [0.5, 0.6) is 0 Å². The molecule has 1 spiro atoms. The minimum absolute atomic E-state index is 0.412. The van der Waals surface area contributed by atoms with Gasteiger partial charge in [0.05, 0.1) is 13.2 Å². The van der Waals surface area contributed by atoms with E-state index in [1.165, 1.54) is 0 Å². The summed E-state index contributed by atoms with van der Waals surface area (Å²) in [7, 11) is 0. The Balaban J connectivity index is 1.94. The highest BCUT2D eigenvalue weighted by atomic mass is 19.4. The third-order valence-electron chi connectivity index (χ3n) is 2.84. The van der Waals surface area contributed by atoms with Gasteiger partial charge in [-0.2, -0.15) is 13.2 Å². The number of allylic oxidation sites excluding steroid dienone is 2. The van der Waals surface area contributed by atoms with Gasteiger partial charge in [-0.3, -0.25) is 0 Å². The number of rotatable bonds is 0. The van der Waals surface area contributed by atoms with Gasteiger partial charge in [-0.1, -0.05) is 5.57 Å². The third kappa shape index (κ3) is 2.72. The molecule has 86 valence electrons. The lowest BCUT2D eigenvalue weighted by Crippen LogP contribution is -2.33. The van der Waals surface area contributed by atoms with Gasteiger partial charge in [-0.15, -0.1) is 0 Å². The van der Waals surface area contributed by atoms with E-state index in [2.05, 4.69) is 0 Å². The molecule has 0 radical (unpaired) electrons. The van der Waals surface area contributed by atoms with Crippen molar-refractivity contribution >= 4 is 0 Å². The maximum absolute atomic E-state index is 12.1. The molecule has 5 heteroatoms. The third-order valence-corrected chi connectivity index (χ3v) is 2.84. The van der Waals surface area contributed by atoms with Crippen molar-refractivity contribution in [2.24, 2.45) is 0 Å². The molecule has 0 aromatic carbocycles. The van der Waals surface area contributed by atoms with E-state index in [0.717, 1.165) is 0 Å². The molecule has 2 rings (SSSR count). The molecule has 0 aromatic rings. The van der Waals surface area contributed by atoms with E-state index < -0.39 is 12.0 Å². The minimum Gasteiger partial charge on any atom is -0.348 e. The number of hydrogen-bond acceptors (Lipinski definition) is 2. The molecule has 0 unspecified atom stereocenters. The van der Waals surface area contributed by atoms with Crippen molar-refractivity contribution in [3.63, 3.8) is 0 Å². The van der Waals surface area contributed by atoms with Gasteiger partial charge in [0.2, 0.25) is 0 Å². The molecule has 2 aliphatic rings. The van der Waals surface area contributed by atoms with Gasteiger partial charge >= 0.3 is 6.18 Å². The van der Waals surface area contributed by atoms with E-state index in [4.69, 9.17) is 9.47 Å². The highest BCUT2D eigenvalue weighted by Gasteiger charge is 2.39. The van der Waals surface area contributed by atoms with Gasteiger partial charge in [0.1, 0.15) is 0 Å². The largest absolute Gasteiger partial charge is 0.409 e. The van der Waals surface area contributed by atoms with E-state index in [0.29, 0.717) is 50.5 Å². The van der Waals surface area contributed by atoms with Crippen LogP contribution in [0.4, 0.5) is 13.2 Å². The second-order valence-corrected chi connectivity index (χ2v) is 3.95. The summed E-state index contributed by atoms with van der Waals surface area (Å²) in [5.41, 5.74) is 0.451. The van der Waals surface area contributed by atoms with Crippen LogP contribution in [-0.2, 0) is 9.47 Å². The molecule has 0 aromatic heterocycles. The maximum Gasteiger partial charge on any atom is 0.409 e. The second kappa shape index (κ2) is 3.79. The van der Waals surface area contributed by atoms with Crippen molar-refractivity contribution in [3.8, 4) is 0 Å². The lowest BCUT2D eigenvalue weighted by atomic mass is 9.89. The van der Waals surface area contributed by atoms with E-state index >= 15 is 0 Å². The first-order chi connectivity index (χ1) is 6.99. The first kappa shape index (κ1) is 11.0. The van der Waals surface area contributed by atoms with Crippen LogP contribution >= 0.6 is 0 Å². The zero-order valence-electron chi connectivity index (χ0n) is 8.27. The SMILES string of the molecule is FC(F)(F)C=C1CCC2(CC1)OCCO2. The van der Waals surface area contributed by atoms with E-state index in [1.807, 2.05) is 0 Å². The lowest BCUT2D eigenvalue weighted by Gasteiger charge is -2.32. The Bertz CT molecular complexity index is 252. The smallest absolute Gasteiger partial charge is 0.348 e. The molecule has 2 fully saturated rings. The normalized spacial score (nSPS) is 25.9. The van der Waals surface area contributed by atoms with Gasteiger partial charge in [0, 0.05) is 18.9 Å². The Morgan fingerprint density at radius 1 is 1.07 bits per heavy atom. The molecule has 0 N–H and O–H groups in total. The van der Waals surface area contributed by atoms with Gasteiger partial charge in [0.25, 0.3) is 0 Å². The Labute approximate surface area is 86.0 Å². The van der Waals surface area contributed by atoms with Crippen molar-refractivity contribution in [2.75, 3.05) is 13.2 Å². The highest BCUT2D eigenvalue weighted by molar-refractivity contribution is 5.10. The Morgan fingerprint density at radius 3 is 2.07 bits per heavy atom. The van der Waals surface area contributed by atoms with Gasteiger partial charge in [0.15, 0.2) is 5.79 Å². The van der Waals surface area contributed by atoms with Crippen molar-refractivity contribution in [2.45, 2.75) is 37.6 Å². The van der Waals surface area contributed by atoms with E-state index in [1.54, 1.807) is 0 Å². The molecule has 1 aliphatic carbocycles. The number of halogens is 3. The van der Waals surface area contributed by atoms with Crippen LogP contribution < -0.4 is 0 Å². The summed E-state index contributed by atoms with van der Waals surface area (Å²) in [4.78, 5) is 0. The summed E-state index contributed by atoms with van der Waals surface area (Å²) in [5, 5.41) is 0. The summed E-state index contributed by atoms with van der Waals surface area (Å²) in [6.07, 6.45) is -1.88. The molecule has 2 nitrogen and oxygen atoms in total. The fourth-order valence-electron chi connectivity index (χ4n) is 2.11. The Hall–Kier alpha value is -0.550. The highest BCUT2D eigenvalue weighted by Crippen LogP contribution is 2.39. The first-order valence-corrected chi connectivity index (χ1v) is 5.04. The average Bonchev–Trinajstić information content (AvgIpc) is 2.56. The molecule has 0 amide bonds. The standard InChI is InChI=1S/C10H13F3O2/c11-10(12,13)7-8-1-3-9(4-2-8)14-5-6-15-9/h7H,1-6H2. The van der Waals surface area contributed by atoms with E-state index in [9.17, 15) is 13.2 Å². The number of alkyl halides is 3. The van der Waals surface area contributed by atoms with Gasteiger partial charge in [-0.05, 0) is 12.8 Å².